The maximum Gasteiger partial charge on any atom is 0.233 e. The average molecular weight is 310 g/mol. The van der Waals surface area contributed by atoms with Gasteiger partial charge in [0, 0.05) is 11.9 Å². The van der Waals surface area contributed by atoms with E-state index in [-0.39, 0.29) is 23.6 Å². The predicted molar refractivity (Wildman–Crippen MR) is 80.2 cm³/mol. The van der Waals surface area contributed by atoms with Crippen molar-refractivity contribution in [2.75, 3.05) is 24.3 Å². The monoisotopic (exact) mass is 310 g/mol. The minimum absolute atomic E-state index is 0.0130. The van der Waals surface area contributed by atoms with Crippen LogP contribution >= 0.6 is 23.1 Å². The molecular weight excluding hydrogens is 296 g/mol. The molecule has 0 aromatic carbocycles. The Morgan fingerprint density at radius 3 is 2.65 bits per heavy atom. The van der Waals surface area contributed by atoms with Gasteiger partial charge in [-0.25, -0.2) is 0 Å². The van der Waals surface area contributed by atoms with E-state index in [0.717, 1.165) is 4.88 Å². The van der Waals surface area contributed by atoms with Gasteiger partial charge in [-0.2, -0.15) is 15.0 Å². The standard InChI is InChI=1S/C11H14N6OS2/c1-17(5-7-3-2-4-19-7)8(18)6-20-11-15-9(12)14-10(13)16-11/h2-4H,5-6H2,1H3,(H4,12,13,14,15,16). The fourth-order valence-electron chi connectivity index (χ4n) is 1.41. The van der Waals surface area contributed by atoms with Crippen molar-refractivity contribution in [2.45, 2.75) is 11.7 Å². The summed E-state index contributed by atoms with van der Waals surface area (Å²) in [5, 5.41) is 2.34. The number of nitrogens with two attached hydrogens (primary N) is 2. The van der Waals surface area contributed by atoms with Gasteiger partial charge in [0.1, 0.15) is 0 Å². The highest BCUT2D eigenvalue weighted by Crippen LogP contribution is 2.16. The molecular formula is C11H14N6OS2. The Morgan fingerprint density at radius 1 is 1.35 bits per heavy atom. The second-order valence-electron chi connectivity index (χ2n) is 3.95. The van der Waals surface area contributed by atoms with Crippen molar-refractivity contribution in [3.8, 4) is 0 Å². The molecule has 0 saturated heterocycles. The van der Waals surface area contributed by atoms with Crippen molar-refractivity contribution in [3.05, 3.63) is 22.4 Å². The normalized spacial score (nSPS) is 10.4. The van der Waals surface area contributed by atoms with Gasteiger partial charge in [-0.1, -0.05) is 17.8 Å². The van der Waals surface area contributed by atoms with Crippen LogP contribution in [0.15, 0.2) is 22.7 Å². The molecule has 0 radical (unpaired) electrons. The Bertz CT molecular complexity index is 568. The number of rotatable bonds is 5. The molecule has 2 aromatic heterocycles. The van der Waals surface area contributed by atoms with Gasteiger partial charge >= 0.3 is 0 Å². The molecule has 9 heteroatoms. The molecule has 0 unspecified atom stereocenters. The summed E-state index contributed by atoms with van der Waals surface area (Å²) in [7, 11) is 1.76. The molecule has 4 N–H and O–H groups in total. The lowest BCUT2D eigenvalue weighted by Gasteiger charge is -2.15. The highest BCUT2D eigenvalue weighted by Gasteiger charge is 2.12. The second kappa shape index (κ2) is 6.53. The number of hydrogen-bond acceptors (Lipinski definition) is 8. The van der Waals surface area contributed by atoms with Crippen molar-refractivity contribution in [1.82, 2.24) is 19.9 Å². The Hall–Kier alpha value is -1.87. The predicted octanol–water partition coefficient (Wildman–Crippen LogP) is 0.848. The summed E-state index contributed by atoms with van der Waals surface area (Å²) in [4.78, 5) is 26.3. The summed E-state index contributed by atoms with van der Waals surface area (Å²) >= 11 is 2.81. The molecule has 0 aliphatic heterocycles. The molecule has 2 aromatic rings. The zero-order valence-corrected chi connectivity index (χ0v) is 12.4. The number of amides is 1. The topological polar surface area (TPSA) is 111 Å². The minimum atomic E-state index is -0.0130. The smallest absolute Gasteiger partial charge is 0.233 e. The van der Waals surface area contributed by atoms with Crippen LogP contribution in [0, 0.1) is 0 Å². The third kappa shape index (κ3) is 4.07. The van der Waals surface area contributed by atoms with Crippen LogP contribution in [0.4, 0.5) is 11.9 Å². The van der Waals surface area contributed by atoms with Gasteiger partial charge in [0.25, 0.3) is 0 Å². The van der Waals surface area contributed by atoms with Crippen LogP contribution in [-0.4, -0.2) is 38.6 Å². The second-order valence-corrected chi connectivity index (χ2v) is 5.93. The van der Waals surface area contributed by atoms with Gasteiger partial charge in [-0.15, -0.1) is 11.3 Å². The Kier molecular flexibility index (Phi) is 4.74. The molecule has 20 heavy (non-hydrogen) atoms. The van der Waals surface area contributed by atoms with E-state index in [0.29, 0.717) is 11.7 Å². The number of thiophene rings is 1. The largest absolute Gasteiger partial charge is 0.368 e. The van der Waals surface area contributed by atoms with Crippen molar-refractivity contribution in [1.29, 1.82) is 0 Å². The molecule has 0 aliphatic rings. The molecule has 106 valence electrons. The van der Waals surface area contributed by atoms with Gasteiger partial charge in [-0.3, -0.25) is 4.79 Å². The molecule has 0 saturated carbocycles. The first kappa shape index (κ1) is 14.5. The molecule has 0 bridgehead atoms. The van der Waals surface area contributed by atoms with E-state index in [1.165, 1.54) is 11.8 Å². The van der Waals surface area contributed by atoms with Crippen molar-refractivity contribution in [3.63, 3.8) is 0 Å². The summed E-state index contributed by atoms with van der Waals surface area (Å²) < 4.78 is 0. The molecule has 7 nitrogen and oxygen atoms in total. The van der Waals surface area contributed by atoms with Gasteiger partial charge in [-0.05, 0) is 11.4 Å². The minimum Gasteiger partial charge on any atom is -0.368 e. The van der Waals surface area contributed by atoms with Crippen LogP contribution < -0.4 is 11.5 Å². The lowest BCUT2D eigenvalue weighted by atomic mass is 10.4. The summed E-state index contributed by atoms with van der Waals surface area (Å²) in [6.07, 6.45) is 0. The third-order valence-electron chi connectivity index (χ3n) is 2.37. The van der Waals surface area contributed by atoms with Crippen molar-refractivity contribution in [2.24, 2.45) is 0 Å². The summed E-state index contributed by atoms with van der Waals surface area (Å²) in [5.74, 6) is 0.324. The van der Waals surface area contributed by atoms with Crippen LogP contribution in [0.2, 0.25) is 0 Å². The number of nitrogen functional groups attached to an aromatic ring is 2. The first-order valence-electron chi connectivity index (χ1n) is 5.71. The summed E-state index contributed by atoms with van der Waals surface area (Å²) in [6, 6.07) is 3.96. The van der Waals surface area contributed by atoms with Gasteiger partial charge in [0.05, 0.1) is 12.3 Å². The van der Waals surface area contributed by atoms with Crippen LogP contribution in [0.1, 0.15) is 4.88 Å². The Morgan fingerprint density at radius 2 is 2.05 bits per heavy atom. The third-order valence-corrected chi connectivity index (χ3v) is 4.07. The van der Waals surface area contributed by atoms with Crippen molar-refractivity contribution >= 4 is 40.9 Å². The maximum atomic E-state index is 12.0. The summed E-state index contributed by atoms with van der Waals surface area (Å²) in [6.45, 7) is 0.596. The number of hydrogen-bond donors (Lipinski definition) is 2. The molecule has 0 aliphatic carbocycles. The van der Waals surface area contributed by atoms with E-state index in [4.69, 9.17) is 11.5 Å². The molecule has 1 amide bonds. The number of nitrogens with zero attached hydrogens (tertiary/aromatic N) is 4. The van der Waals surface area contributed by atoms with E-state index in [1.54, 1.807) is 23.3 Å². The average Bonchev–Trinajstić information content (AvgIpc) is 2.87. The van der Waals surface area contributed by atoms with E-state index < -0.39 is 0 Å². The number of aromatic nitrogens is 3. The number of carbonyl (C=O) groups excluding carboxylic acids is 1. The van der Waals surface area contributed by atoms with Gasteiger partial charge in [0.15, 0.2) is 5.16 Å². The molecule has 0 spiro atoms. The number of thioether (sulfide) groups is 1. The lowest BCUT2D eigenvalue weighted by molar-refractivity contribution is -0.127. The fourth-order valence-corrected chi connectivity index (χ4v) is 2.96. The SMILES string of the molecule is CN(Cc1cccs1)C(=O)CSc1nc(N)nc(N)n1. The van der Waals surface area contributed by atoms with E-state index >= 15 is 0 Å². The van der Waals surface area contributed by atoms with Gasteiger partial charge in [0.2, 0.25) is 17.8 Å². The maximum absolute atomic E-state index is 12.0. The van der Waals surface area contributed by atoms with Crippen LogP contribution in [0.3, 0.4) is 0 Å². The van der Waals surface area contributed by atoms with E-state index in [1.807, 2.05) is 17.5 Å². The number of anilines is 2. The highest BCUT2D eigenvalue weighted by atomic mass is 32.2. The Labute approximate surface area is 124 Å². The zero-order chi connectivity index (χ0) is 14.5. The van der Waals surface area contributed by atoms with E-state index in [9.17, 15) is 4.79 Å². The van der Waals surface area contributed by atoms with Gasteiger partial charge < -0.3 is 16.4 Å². The van der Waals surface area contributed by atoms with Crippen LogP contribution in [-0.2, 0) is 11.3 Å². The van der Waals surface area contributed by atoms with Crippen LogP contribution in [0.25, 0.3) is 0 Å². The van der Waals surface area contributed by atoms with Crippen molar-refractivity contribution < 1.29 is 4.79 Å². The number of carbonyl (C=O) groups is 1. The molecule has 0 fully saturated rings. The first-order chi connectivity index (χ1) is 9.54. The summed E-state index contributed by atoms with van der Waals surface area (Å²) in [5.41, 5.74) is 10.9. The Balaban J connectivity index is 1.88. The lowest BCUT2D eigenvalue weighted by Crippen LogP contribution is -2.27. The van der Waals surface area contributed by atoms with E-state index in [2.05, 4.69) is 15.0 Å². The molecule has 2 rings (SSSR count). The van der Waals surface area contributed by atoms with Crippen LogP contribution in [0.5, 0.6) is 0 Å². The highest BCUT2D eigenvalue weighted by molar-refractivity contribution is 7.99. The zero-order valence-electron chi connectivity index (χ0n) is 10.8. The molecule has 2 heterocycles. The first-order valence-corrected chi connectivity index (χ1v) is 7.57. The quantitative estimate of drug-likeness (QED) is 0.787. The molecule has 0 atom stereocenters. The fraction of sp³-hybridized carbons (Fsp3) is 0.273.